The van der Waals surface area contributed by atoms with Crippen molar-refractivity contribution in [2.45, 2.75) is 32.9 Å². The number of carbonyl (C=O) groups excluding carboxylic acids is 1. The number of hydrogen-bond donors (Lipinski definition) is 2. The second-order valence-corrected chi connectivity index (χ2v) is 4.67. The number of aliphatic hydroxyl groups is 1. The summed E-state index contributed by atoms with van der Waals surface area (Å²) in [5, 5.41) is 23.0. The number of hydrogen-bond acceptors (Lipinski definition) is 5. The van der Waals surface area contributed by atoms with E-state index in [4.69, 9.17) is 4.74 Å². The van der Waals surface area contributed by atoms with Crippen LogP contribution in [0.15, 0.2) is 18.2 Å². The van der Waals surface area contributed by atoms with Gasteiger partial charge >= 0.3 is 0 Å². The van der Waals surface area contributed by atoms with Crippen LogP contribution in [-0.2, 0) is 4.79 Å². The lowest BCUT2D eigenvalue weighted by molar-refractivity contribution is -0.385. The van der Waals surface area contributed by atoms with E-state index in [9.17, 15) is 20.0 Å². The highest BCUT2D eigenvalue weighted by Gasteiger charge is 2.16. The number of rotatable bonds is 6. The molecule has 1 rings (SSSR count). The third-order valence-electron chi connectivity index (χ3n) is 2.46. The fraction of sp³-hybridized carbons (Fsp3) is 0.462. The number of aliphatic hydroxyl groups excluding tert-OH is 1. The summed E-state index contributed by atoms with van der Waals surface area (Å²) < 4.78 is 5.30. The number of amides is 1. The first kappa shape index (κ1) is 15.9. The molecule has 0 bridgehead atoms. The second-order valence-electron chi connectivity index (χ2n) is 4.67. The summed E-state index contributed by atoms with van der Waals surface area (Å²) in [5.41, 5.74) is 0.136. The highest BCUT2D eigenvalue weighted by Crippen LogP contribution is 2.29. The van der Waals surface area contributed by atoms with Crippen LogP contribution in [0, 0.1) is 10.1 Å². The maximum atomic E-state index is 11.5. The number of ether oxygens (including phenoxy) is 1. The van der Waals surface area contributed by atoms with Gasteiger partial charge in [-0.1, -0.05) is 0 Å². The summed E-state index contributed by atoms with van der Waals surface area (Å²) in [4.78, 5) is 21.6. The maximum Gasteiger partial charge on any atom is 0.270 e. The van der Waals surface area contributed by atoms with E-state index in [0.717, 1.165) is 0 Å². The van der Waals surface area contributed by atoms with Crippen LogP contribution in [0.4, 0.5) is 5.69 Å². The number of nitrogens with one attached hydrogen (secondary N) is 1. The summed E-state index contributed by atoms with van der Waals surface area (Å²) in [6.45, 7) is 4.91. The lowest BCUT2D eigenvalue weighted by Crippen LogP contribution is -2.34. The van der Waals surface area contributed by atoms with Crippen LogP contribution >= 0.6 is 0 Å². The Morgan fingerprint density at radius 2 is 2.10 bits per heavy atom. The Balaban J connectivity index is 2.84. The third-order valence-corrected chi connectivity index (χ3v) is 2.46. The minimum Gasteiger partial charge on any atom is -0.483 e. The molecule has 1 aromatic carbocycles. The average molecular weight is 282 g/mol. The van der Waals surface area contributed by atoms with Crippen LogP contribution in [0.5, 0.6) is 5.75 Å². The largest absolute Gasteiger partial charge is 0.483 e. The van der Waals surface area contributed by atoms with Gasteiger partial charge in [-0.3, -0.25) is 14.9 Å². The van der Waals surface area contributed by atoms with Crippen LogP contribution in [0.1, 0.15) is 32.4 Å². The van der Waals surface area contributed by atoms with Crippen LogP contribution in [0.3, 0.4) is 0 Å². The molecule has 2 N–H and O–H groups in total. The van der Waals surface area contributed by atoms with E-state index in [1.54, 1.807) is 0 Å². The average Bonchev–Trinajstić information content (AvgIpc) is 2.35. The molecule has 0 aromatic heterocycles. The van der Waals surface area contributed by atoms with E-state index in [-0.39, 0.29) is 35.6 Å². The minimum atomic E-state index is -0.932. The monoisotopic (exact) mass is 282 g/mol. The third kappa shape index (κ3) is 4.51. The molecule has 7 nitrogen and oxygen atoms in total. The summed E-state index contributed by atoms with van der Waals surface area (Å²) >= 11 is 0. The van der Waals surface area contributed by atoms with Crippen molar-refractivity contribution in [1.82, 2.24) is 5.32 Å². The maximum absolute atomic E-state index is 11.5. The smallest absolute Gasteiger partial charge is 0.270 e. The van der Waals surface area contributed by atoms with Crippen LogP contribution in [0.25, 0.3) is 0 Å². The molecule has 0 radical (unpaired) electrons. The molecule has 20 heavy (non-hydrogen) atoms. The number of benzene rings is 1. The minimum absolute atomic E-state index is 0.000744. The van der Waals surface area contributed by atoms with Gasteiger partial charge in [0.15, 0.2) is 6.61 Å². The SMILES string of the molecule is CC(C)NC(=O)COc1ccc([N+](=O)[O-])cc1C(C)O. The molecule has 0 aliphatic rings. The normalized spacial score (nSPS) is 12.1. The van der Waals surface area contributed by atoms with Gasteiger partial charge < -0.3 is 15.2 Å². The molecular formula is C13H18N2O5. The van der Waals surface area contributed by atoms with Gasteiger partial charge in [0.2, 0.25) is 0 Å². The molecule has 0 aliphatic heterocycles. The van der Waals surface area contributed by atoms with Crippen molar-refractivity contribution in [2.24, 2.45) is 0 Å². The molecule has 1 atom stereocenters. The molecule has 0 spiro atoms. The number of nitro benzene ring substituents is 1. The van der Waals surface area contributed by atoms with Gasteiger partial charge in [0.05, 0.1) is 11.0 Å². The summed E-state index contributed by atoms with van der Waals surface area (Å²) in [6, 6.07) is 3.88. The highest BCUT2D eigenvalue weighted by molar-refractivity contribution is 5.77. The van der Waals surface area contributed by atoms with E-state index in [0.29, 0.717) is 0 Å². The van der Waals surface area contributed by atoms with E-state index >= 15 is 0 Å². The molecular weight excluding hydrogens is 264 g/mol. The van der Waals surface area contributed by atoms with Gasteiger partial charge in [0, 0.05) is 23.7 Å². The molecule has 110 valence electrons. The van der Waals surface area contributed by atoms with E-state index in [2.05, 4.69) is 5.32 Å². The number of non-ortho nitro benzene ring substituents is 1. The first-order chi connectivity index (χ1) is 9.31. The molecule has 1 aromatic rings. The van der Waals surface area contributed by atoms with Gasteiger partial charge in [-0.15, -0.1) is 0 Å². The molecule has 0 saturated carbocycles. The van der Waals surface area contributed by atoms with Gasteiger partial charge in [-0.05, 0) is 26.8 Å². The van der Waals surface area contributed by atoms with Crippen molar-refractivity contribution < 1.29 is 19.6 Å². The predicted octanol–water partition coefficient (Wildman–Crippen LogP) is 1.55. The first-order valence-corrected chi connectivity index (χ1v) is 6.19. The van der Waals surface area contributed by atoms with E-state index in [1.807, 2.05) is 13.8 Å². The Morgan fingerprint density at radius 1 is 1.45 bits per heavy atom. The van der Waals surface area contributed by atoms with Crippen molar-refractivity contribution in [2.75, 3.05) is 6.61 Å². The molecule has 0 fully saturated rings. The van der Waals surface area contributed by atoms with E-state index in [1.165, 1.54) is 25.1 Å². The number of nitrogens with zero attached hydrogens (tertiary/aromatic N) is 1. The standard InChI is InChI=1S/C13H18N2O5/c1-8(2)14-13(17)7-20-12-5-4-10(15(18)19)6-11(12)9(3)16/h4-6,8-9,16H,7H2,1-3H3,(H,14,17). The zero-order chi connectivity index (χ0) is 15.3. The van der Waals surface area contributed by atoms with Crippen LogP contribution in [-0.4, -0.2) is 28.6 Å². The lowest BCUT2D eigenvalue weighted by atomic mass is 10.1. The zero-order valence-electron chi connectivity index (χ0n) is 11.6. The number of nitro groups is 1. The Morgan fingerprint density at radius 3 is 2.60 bits per heavy atom. The summed E-state index contributed by atoms with van der Waals surface area (Å²) in [5.74, 6) is -0.0422. The van der Waals surface area contributed by atoms with Crippen LogP contribution in [0.2, 0.25) is 0 Å². The molecule has 1 amide bonds. The summed E-state index contributed by atoms with van der Waals surface area (Å²) in [7, 11) is 0. The Hall–Kier alpha value is -2.15. The first-order valence-electron chi connectivity index (χ1n) is 6.19. The van der Waals surface area contributed by atoms with Gasteiger partial charge in [0.25, 0.3) is 11.6 Å². The molecule has 0 saturated heterocycles. The Bertz CT molecular complexity index is 500. The molecule has 0 aliphatic carbocycles. The predicted molar refractivity (Wildman–Crippen MR) is 72.5 cm³/mol. The molecule has 7 heteroatoms. The van der Waals surface area contributed by atoms with Gasteiger partial charge in [-0.25, -0.2) is 0 Å². The van der Waals surface area contributed by atoms with Crippen molar-refractivity contribution in [1.29, 1.82) is 0 Å². The fourth-order valence-corrected chi connectivity index (χ4v) is 1.61. The zero-order valence-corrected chi connectivity index (χ0v) is 11.6. The highest BCUT2D eigenvalue weighted by atomic mass is 16.6. The molecule has 1 unspecified atom stereocenters. The van der Waals surface area contributed by atoms with Gasteiger partial charge in [0.1, 0.15) is 5.75 Å². The second kappa shape index (κ2) is 6.85. The van der Waals surface area contributed by atoms with Crippen molar-refractivity contribution in [3.63, 3.8) is 0 Å². The Kier molecular flexibility index (Phi) is 5.45. The van der Waals surface area contributed by atoms with Crippen molar-refractivity contribution in [3.05, 3.63) is 33.9 Å². The van der Waals surface area contributed by atoms with Gasteiger partial charge in [-0.2, -0.15) is 0 Å². The molecule has 0 heterocycles. The topological polar surface area (TPSA) is 102 Å². The summed E-state index contributed by atoms with van der Waals surface area (Å²) in [6.07, 6.45) is -0.932. The Labute approximate surface area is 116 Å². The fourth-order valence-electron chi connectivity index (χ4n) is 1.61. The quantitative estimate of drug-likeness (QED) is 0.609. The van der Waals surface area contributed by atoms with Crippen molar-refractivity contribution in [3.8, 4) is 5.75 Å². The lowest BCUT2D eigenvalue weighted by Gasteiger charge is -2.14. The van der Waals surface area contributed by atoms with Crippen molar-refractivity contribution >= 4 is 11.6 Å². The van der Waals surface area contributed by atoms with Crippen LogP contribution < -0.4 is 10.1 Å². The number of carbonyl (C=O) groups is 1. The van der Waals surface area contributed by atoms with E-state index < -0.39 is 11.0 Å².